The Labute approximate surface area is 174 Å². The fraction of sp³-hybridized carbons (Fsp3) is 0.500. The molecule has 0 spiro atoms. The summed E-state index contributed by atoms with van der Waals surface area (Å²) in [6.45, 7) is 3.29. The van der Waals surface area contributed by atoms with E-state index < -0.39 is 0 Å². The van der Waals surface area contributed by atoms with Crippen LogP contribution in [0.5, 0.6) is 0 Å². The van der Waals surface area contributed by atoms with Gasteiger partial charge < -0.3 is 19.9 Å². The summed E-state index contributed by atoms with van der Waals surface area (Å²) in [5.74, 6) is -0.221. The lowest BCUT2D eigenvalue weighted by Crippen LogP contribution is -2.34. The van der Waals surface area contributed by atoms with Gasteiger partial charge >= 0.3 is 0 Å². The van der Waals surface area contributed by atoms with Crippen molar-refractivity contribution in [3.63, 3.8) is 0 Å². The van der Waals surface area contributed by atoms with E-state index in [1.165, 1.54) is 17.9 Å². The smallest absolute Gasteiger partial charge is 0.248 e. The van der Waals surface area contributed by atoms with Crippen molar-refractivity contribution in [2.75, 3.05) is 39.2 Å². The Bertz CT molecular complexity index is 917. The van der Waals surface area contributed by atoms with Crippen LogP contribution in [0.3, 0.4) is 0 Å². The number of likely N-dealkylation sites (N-methyl/N-ethyl adjacent to an activating group) is 1. The molecule has 3 rings (SSSR count). The maximum absolute atomic E-state index is 11.8. The van der Waals surface area contributed by atoms with E-state index in [1.807, 2.05) is 16.9 Å². The van der Waals surface area contributed by atoms with Crippen LogP contribution in [0.2, 0.25) is 0 Å². The largest absolute Gasteiger partial charge is 0.370 e. The molecule has 1 aliphatic rings. The molecule has 2 atom stereocenters. The highest BCUT2D eigenvalue weighted by Crippen LogP contribution is 2.29. The molecule has 0 aliphatic carbocycles. The molecule has 2 aromatic heterocycles. The van der Waals surface area contributed by atoms with Gasteiger partial charge in [0.1, 0.15) is 6.61 Å². The van der Waals surface area contributed by atoms with Crippen molar-refractivity contribution in [3.8, 4) is 0 Å². The van der Waals surface area contributed by atoms with Crippen LogP contribution in [-0.2, 0) is 20.9 Å². The Morgan fingerprint density at radius 2 is 2.17 bits per heavy atom. The zero-order chi connectivity index (χ0) is 21.7. The Hall–Kier alpha value is -2.98. The predicted molar refractivity (Wildman–Crippen MR) is 111 cm³/mol. The topological polar surface area (TPSA) is 113 Å². The highest BCUT2D eigenvalue weighted by molar-refractivity contribution is 5.88. The molecule has 10 nitrogen and oxygen atoms in total. The van der Waals surface area contributed by atoms with Gasteiger partial charge in [0.15, 0.2) is 0 Å². The maximum atomic E-state index is 11.8. The number of aromatic amines is 1. The van der Waals surface area contributed by atoms with Gasteiger partial charge in [-0.1, -0.05) is 6.07 Å². The lowest BCUT2D eigenvalue weighted by Gasteiger charge is -2.24. The summed E-state index contributed by atoms with van der Waals surface area (Å²) >= 11 is 0. The van der Waals surface area contributed by atoms with Gasteiger partial charge in [-0.2, -0.15) is 5.10 Å². The summed E-state index contributed by atoms with van der Waals surface area (Å²) in [7, 11) is 3.40. The third-order valence-electron chi connectivity index (χ3n) is 5.07. The molecular weight excluding hydrogens is 388 g/mol. The van der Waals surface area contributed by atoms with Crippen LogP contribution in [0.25, 0.3) is 0 Å². The van der Waals surface area contributed by atoms with Crippen molar-refractivity contribution < 1.29 is 14.3 Å². The first-order valence-electron chi connectivity index (χ1n) is 9.83. The third-order valence-corrected chi connectivity index (χ3v) is 5.07. The second kappa shape index (κ2) is 9.68. The van der Waals surface area contributed by atoms with Gasteiger partial charge in [0, 0.05) is 58.6 Å². The number of anilines is 1. The van der Waals surface area contributed by atoms with E-state index in [1.54, 1.807) is 26.5 Å². The normalized spacial score (nSPS) is 19.0. The molecule has 0 saturated carbocycles. The highest BCUT2D eigenvalue weighted by Gasteiger charge is 2.34. The molecule has 0 aromatic carbocycles. The number of pyridine rings is 1. The van der Waals surface area contributed by atoms with Crippen LogP contribution in [0.4, 0.5) is 5.69 Å². The van der Waals surface area contributed by atoms with Crippen LogP contribution in [0.15, 0.2) is 35.5 Å². The van der Waals surface area contributed by atoms with Gasteiger partial charge in [-0.05, 0) is 12.0 Å². The van der Waals surface area contributed by atoms with E-state index in [2.05, 4.69) is 20.3 Å². The number of hydrogen-bond acceptors (Lipinski definition) is 6. The van der Waals surface area contributed by atoms with E-state index in [4.69, 9.17) is 4.74 Å². The van der Waals surface area contributed by atoms with Gasteiger partial charge in [-0.3, -0.25) is 24.0 Å². The van der Waals surface area contributed by atoms with Gasteiger partial charge in [0.05, 0.1) is 24.5 Å². The SMILES string of the molecule is CC(=O)Nc1cnn([C@H]2C[C@@H](COCC(=O)N(C)C)N(Cc3ccc(=O)[nH]c3)C2)c1. The van der Waals surface area contributed by atoms with E-state index >= 15 is 0 Å². The standard InChI is InChI=1S/C20H28N6O4/c1-14(27)23-16-8-22-26(10-16)17-6-18(12-30-13-20(29)24(2)3)25(11-17)9-15-4-5-19(28)21-7-15/h4-5,7-8,10,17-18H,6,9,11-13H2,1-3H3,(H,21,28)(H,23,27)/t17-,18-/m0/s1. The van der Waals surface area contributed by atoms with Gasteiger partial charge in [-0.15, -0.1) is 0 Å². The minimum atomic E-state index is -0.141. The van der Waals surface area contributed by atoms with Crippen molar-refractivity contribution in [2.24, 2.45) is 0 Å². The Kier molecular flexibility index (Phi) is 7.01. The van der Waals surface area contributed by atoms with Crippen LogP contribution >= 0.6 is 0 Å². The molecule has 162 valence electrons. The number of amides is 2. The third kappa shape index (κ3) is 5.77. The Balaban J connectivity index is 1.68. The first-order chi connectivity index (χ1) is 14.3. The fourth-order valence-corrected chi connectivity index (χ4v) is 3.51. The van der Waals surface area contributed by atoms with Crippen LogP contribution < -0.4 is 10.9 Å². The van der Waals surface area contributed by atoms with Gasteiger partial charge in [0.25, 0.3) is 0 Å². The number of carbonyl (C=O) groups is 2. The number of aromatic nitrogens is 3. The second-order valence-electron chi connectivity index (χ2n) is 7.73. The zero-order valence-electron chi connectivity index (χ0n) is 17.5. The predicted octanol–water partition coefficient (Wildman–Crippen LogP) is 0.450. The number of nitrogens with one attached hydrogen (secondary N) is 2. The number of carbonyl (C=O) groups excluding carboxylic acids is 2. The van der Waals surface area contributed by atoms with Crippen LogP contribution in [0, 0.1) is 0 Å². The summed E-state index contributed by atoms with van der Waals surface area (Å²) in [6, 6.07) is 3.51. The average Bonchev–Trinajstić information content (AvgIpc) is 3.30. The average molecular weight is 416 g/mol. The Morgan fingerprint density at radius 1 is 1.37 bits per heavy atom. The molecule has 2 amide bonds. The highest BCUT2D eigenvalue weighted by atomic mass is 16.5. The molecule has 10 heteroatoms. The molecule has 1 saturated heterocycles. The van der Waals surface area contributed by atoms with Gasteiger partial charge in [0.2, 0.25) is 17.4 Å². The minimum Gasteiger partial charge on any atom is -0.370 e. The quantitative estimate of drug-likeness (QED) is 0.646. The minimum absolute atomic E-state index is 0.0368. The number of H-pyrrole nitrogens is 1. The summed E-state index contributed by atoms with van der Waals surface area (Å²) < 4.78 is 7.55. The number of nitrogens with zero attached hydrogens (tertiary/aromatic N) is 4. The number of likely N-dealkylation sites (tertiary alicyclic amines) is 1. The molecule has 2 aromatic rings. The van der Waals surface area contributed by atoms with Crippen molar-refractivity contribution in [1.29, 1.82) is 0 Å². The summed E-state index contributed by atoms with van der Waals surface area (Å²) in [5, 5.41) is 7.13. The van der Waals surface area contributed by atoms with Crippen molar-refractivity contribution in [3.05, 3.63) is 46.6 Å². The molecule has 30 heavy (non-hydrogen) atoms. The van der Waals surface area contributed by atoms with E-state index in [0.717, 1.165) is 18.5 Å². The summed E-state index contributed by atoms with van der Waals surface area (Å²) in [5.41, 5.74) is 1.51. The summed E-state index contributed by atoms with van der Waals surface area (Å²) in [4.78, 5) is 40.9. The van der Waals surface area contributed by atoms with E-state index in [0.29, 0.717) is 18.8 Å². The van der Waals surface area contributed by atoms with Crippen molar-refractivity contribution >= 4 is 17.5 Å². The second-order valence-corrected chi connectivity index (χ2v) is 7.73. The van der Waals surface area contributed by atoms with E-state index in [9.17, 15) is 14.4 Å². The molecule has 3 heterocycles. The molecule has 1 fully saturated rings. The van der Waals surface area contributed by atoms with E-state index in [-0.39, 0.29) is 36.1 Å². The molecular formula is C20H28N6O4. The molecule has 0 unspecified atom stereocenters. The molecule has 0 radical (unpaired) electrons. The number of ether oxygens (including phenoxy) is 1. The first-order valence-corrected chi connectivity index (χ1v) is 9.83. The zero-order valence-corrected chi connectivity index (χ0v) is 17.5. The van der Waals surface area contributed by atoms with Crippen molar-refractivity contribution in [1.82, 2.24) is 24.6 Å². The first kappa shape index (κ1) is 21.7. The van der Waals surface area contributed by atoms with Crippen LogP contribution in [0.1, 0.15) is 24.9 Å². The van der Waals surface area contributed by atoms with Crippen molar-refractivity contribution in [2.45, 2.75) is 32.0 Å². The number of hydrogen-bond donors (Lipinski definition) is 2. The Morgan fingerprint density at radius 3 is 2.83 bits per heavy atom. The molecule has 2 N–H and O–H groups in total. The molecule has 1 aliphatic heterocycles. The fourth-order valence-electron chi connectivity index (χ4n) is 3.51. The monoisotopic (exact) mass is 416 g/mol. The number of rotatable bonds is 8. The maximum Gasteiger partial charge on any atom is 0.248 e. The molecule has 0 bridgehead atoms. The van der Waals surface area contributed by atoms with Crippen LogP contribution in [-0.4, -0.2) is 76.3 Å². The van der Waals surface area contributed by atoms with Gasteiger partial charge in [-0.25, -0.2) is 0 Å². The lowest BCUT2D eigenvalue weighted by molar-refractivity contribution is -0.134. The lowest BCUT2D eigenvalue weighted by atomic mass is 10.2. The summed E-state index contributed by atoms with van der Waals surface area (Å²) in [6.07, 6.45) is 5.96.